The Morgan fingerprint density at radius 1 is 1.50 bits per heavy atom. The van der Waals surface area contributed by atoms with Crippen molar-refractivity contribution in [3.8, 4) is 0 Å². The molecule has 16 heavy (non-hydrogen) atoms. The zero-order valence-electron chi connectivity index (χ0n) is 8.01. The van der Waals surface area contributed by atoms with Crippen molar-refractivity contribution in [1.29, 1.82) is 0 Å². The maximum Gasteiger partial charge on any atom is 0.279 e. The molecule has 2 nitrogen and oxygen atoms in total. The van der Waals surface area contributed by atoms with Gasteiger partial charge < -0.3 is 0 Å². The summed E-state index contributed by atoms with van der Waals surface area (Å²) in [5.41, 5.74) is -0.550. The lowest BCUT2D eigenvalue weighted by Crippen LogP contribution is -2.23. The Hall–Kier alpha value is -1.10. The first-order valence-electron chi connectivity index (χ1n) is 4.78. The summed E-state index contributed by atoms with van der Waals surface area (Å²) in [5.74, 6) is -1.28. The lowest BCUT2D eigenvalue weighted by molar-refractivity contribution is 0.0995. The molecule has 1 aromatic carbocycles. The molecule has 2 atom stereocenters. The van der Waals surface area contributed by atoms with Crippen LogP contribution in [0.1, 0.15) is 22.3 Å². The molecule has 3 rings (SSSR count). The van der Waals surface area contributed by atoms with Gasteiger partial charge in [0.1, 0.15) is 12.0 Å². The van der Waals surface area contributed by atoms with Crippen molar-refractivity contribution in [2.75, 3.05) is 0 Å². The molecule has 1 aromatic rings. The minimum atomic E-state index is -1.07. The topological polar surface area (TPSA) is 29.4 Å². The second-order valence-corrected chi connectivity index (χ2v) is 5.00. The lowest BCUT2D eigenvalue weighted by atomic mass is 9.89. The minimum absolute atomic E-state index is 0.0918. The summed E-state index contributed by atoms with van der Waals surface area (Å²) < 4.78 is 27.5. The number of aliphatic imine (C=N–C) groups is 1. The van der Waals surface area contributed by atoms with Gasteiger partial charge in [-0.05, 0) is 24.1 Å². The van der Waals surface area contributed by atoms with Gasteiger partial charge in [0.05, 0.1) is 11.0 Å². The largest absolute Gasteiger partial charge is 0.279 e. The molecule has 5 heteroatoms. The molecular weight excluding hydrogens is 280 g/mol. The van der Waals surface area contributed by atoms with Gasteiger partial charge in [-0.1, -0.05) is 15.9 Å². The molecule has 0 unspecified atom stereocenters. The zero-order chi connectivity index (χ0) is 11.5. The summed E-state index contributed by atoms with van der Waals surface area (Å²) in [4.78, 5) is 15.0. The third-order valence-electron chi connectivity index (χ3n) is 3.10. The zero-order valence-corrected chi connectivity index (χ0v) is 9.59. The smallest absolute Gasteiger partial charge is 0.267 e. The molecule has 82 valence electrons. The van der Waals surface area contributed by atoms with E-state index in [2.05, 4.69) is 20.9 Å². The molecule has 1 fully saturated rings. The van der Waals surface area contributed by atoms with Crippen molar-refractivity contribution in [3.05, 3.63) is 33.5 Å². The predicted molar refractivity (Wildman–Crippen MR) is 58.1 cm³/mol. The van der Waals surface area contributed by atoms with Crippen LogP contribution in [0.2, 0.25) is 0 Å². The van der Waals surface area contributed by atoms with E-state index in [0.717, 1.165) is 0 Å². The number of fused-ring (bicyclic) bond motifs is 2. The fraction of sp³-hybridized carbons (Fsp3) is 0.273. The van der Waals surface area contributed by atoms with E-state index in [-0.39, 0.29) is 12.0 Å². The van der Waals surface area contributed by atoms with Gasteiger partial charge >= 0.3 is 0 Å². The molecule has 1 amide bonds. The van der Waals surface area contributed by atoms with Crippen LogP contribution in [-0.4, -0.2) is 18.3 Å². The molecule has 1 spiro atoms. The third kappa shape index (κ3) is 1.15. The van der Waals surface area contributed by atoms with Gasteiger partial charge in [0, 0.05) is 10.7 Å². The molecular formula is C11H6BrF2NO. The van der Waals surface area contributed by atoms with Crippen molar-refractivity contribution in [1.82, 2.24) is 0 Å². The lowest BCUT2D eigenvalue weighted by Gasteiger charge is -2.18. The van der Waals surface area contributed by atoms with Crippen molar-refractivity contribution in [3.63, 3.8) is 0 Å². The van der Waals surface area contributed by atoms with Crippen LogP contribution >= 0.6 is 15.9 Å². The highest BCUT2D eigenvalue weighted by Crippen LogP contribution is 2.52. The van der Waals surface area contributed by atoms with E-state index in [1.807, 2.05) is 0 Å². The Balaban J connectivity index is 2.30. The van der Waals surface area contributed by atoms with Crippen LogP contribution in [-0.2, 0) is 5.41 Å². The highest BCUT2D eigenvalue weighted by Gasteiger charge is 2.58. The fourth-order valence-electron chi connectivity index (χ4n) is 2.12. The molecule has 1 aliphatic heterocycles. The summed E-state index contributed by atoms with van der Waals surface area (Å²) in [7, 11) is 0. The Morgan fingerprint density at radius 2 is 2.19 bits per heavy atom. The maximum absolute atomic E-state index is 13.6. The van der Waals surface area contributed by atoms with Crippen LogP contribution < -0.4 is 0 Å². The molecule has 1 saturated carbocycles. The first kappa shape index (κ1) is 10.1. The number of rotatable bonds is 0. The summed E-state index contributed by atoms with van der Waals surface area (Å²) in [6.45, 7) is 0. The molecule has 1 aliphatic carbocycles. The van der Waals surface area contributed by atoms with E-state index in [1.54, 1.807) is 6.07 Å². The fourth-order valence-corrected chi connectivity index (χ4v) is 2.55. The van der Waals surface area contributed by atoms with Gasteiger partial charge in [0.15, 0.2) is 0 Å². The van der Waals surface area contributed by atoms with E-state index in [4.69, 9.17) is 0 Å². The highest BCUT2D eigenvalue weighted by atomic mass is 79.9. The average Bonchev–Trinajstić information content (AvgIpc) is 2.84. The summed E-state index contributed by atoms with van der Waals surface area (Å²) in [5, 5.41) is 0. The van der Waals surface area contributed by atoms with Crippen LogP contribution in [0, 0.1) is 5.82 Å². The number of benzene rings is 1. The van der Waals surface area contributed by atoms with Gasteiger partial charge in [-0.2, -0.15) is 0 Å². The quantitative estimate of drug-likeness (QED) is 0.721. The first-order chi connectivity index (χ1) is 7.54. The van der Waals surface area contributed by atoms with Gasteiger partial charge in [0.25, 0.3) is 5.91 Å². The van der Waals surface area contributed by atoms with E-state index in [0.29, 0.717) is 10.0 Å². The van der Waals surface area contributed by atoms with E-state index in [1.165, 1.54) is 12.3 Å². The van der Waals surface area contributed by atoms with Crippen LogP contribution in [0.4, 0.5) is 8.78 Å². The summed E-state index contributed by atoms with van der Waals surface area (Å²) in [6.07, 6.45) is 0.512. The van der Waals surface area contributed by atoms with Crippen LogP contribution in [0.5, 0.6) is 0 Å². The monoisotopic (exact) mass is 285 g/mol. The SMILES string of the molecule is O=C1N=C[C@@]2(C[C@@H]2F)c2cc(Br)cc(F)c21. The van der Waals surface area contributed by atoms with Gasteiger partial charge in [0.2, 0.25) is 0 Å². The molecule has 1 heterocycles. The van der Waals surface area contributed by atoms with E-state index < -0.39 is 23.3 Å². The predicted octanol–water partition coefficient (Wildman–Crippen LogP) is 2.79. The number of amides is 1. The molecule has 0 N–H and O–H groups in total. The molecule has 2 aliphatic rings. The Kier molecular flexibility index (Phi) is 1.87. The van der Waals surface area contributed by atoms with Crippen LogP contribution in [0.25, 0.3) is 0 Å². The molecule has 0 bridgehead atoms. The van der Waals surface area contributed by atoms with Crippen LogP contribution in [0.15, 0.2) is 21.6 Å². The number of hydrogen-bond donors (Lipinski definition) is 0. The van der Waals surface area contributed by atoms with E-state index in [9.17, 15) is 13.6 Å². The number of nitrogens with zero attached hydrogens (tertiary/aromatic N) is 1. The Morgan fingerprint density at radius 3 is 2.81 bits per heavy atom. The Bertz CT molecular complexity index is 543. The Labute approximate surface area is 98.5 Å². The summed E-state index contributed by atoms with van der Waals surface area (Å²) >= 11 is 3.14. The number of carbonyl (C=O) groups is 1. The number of hydrogen-bond acceptors (Lipinski definition) is 1. The normalized spacial score (nSPS) is 30.7. The van der Waals surface area contributed by atoms with Crippen molar-refractivity contribution in [2.24, 2.45) is 4.99 Å². The van der Waals surface area contributed by atoms with E-state index >= 15 is 0 Å². The maximum atomic E-state index is 13.6. The molecule has 0 radical (unpaired) electrons. The van der Waals surface area contributed by atoms with Crippen LogP contribution in [0.3, 0.4) is 0 Å². The van der Waals surface area contributed by atoms with Crippen molar-refractivity contribution < 1.29 is 13.6 Å². The number of alkyl halides is 1. The van der Waals surface area contributed by atoms with Gasteiger partial charge in [-0.25, -0.2) is 13.8 Å². The number of halogens is 3. The first-order valence-corrected chi connectivity index (χ1v) is 5.57. The second-order valence-electron chi connectivity index (χ2n) is 4.09. The summed E-state index contributed by atoms with van der Waals surface area (Å²) in [6, 6.07) is 2.79. The third-order valence-corrected chi connectivity index (χ3v) is 3.56. The van der Waals surface area contributed by atoms with Crippen molar-refractivity contribution in [2.45, 2.75) is 18.0 Å². The average molecular weight is 286 g/mol. The molecule has 0 saturated heterocycles. The highest BCUT2D eigenvalue weighted by molar-refractivity contribution is 9.10. The van der Waals surface area contributed by atoms with Crippen molar-refractivity contribution >= 4 is 28.1 Å². The van der Waals surface area contributed by atoms with Gasteiger partial charge in [-0.15, -0.1) is 0 Å². The minimum Gasteiger partial charge on any atom is -0.267 e. The van der Waals surface area contributed by atoms with Gasteiger partial charge in [-0.3, -0.25) is 4.79 Å². The number of carbonyl (C=O) groups excluding carboxylic acids is 1. The second kappa shape index (κ2) is 2.97. The standard InChI is InChI=1S/C11H6BrF2NO/c12-5-1-6-9(7(13)2-5)10(16)15-4-11(6)3-8(11)14/h1-2,4,8H,3H2/t8-,11-/m0/s1. The molecule has 0 aromatic heterocycles.